The SMILES string of the molecule is CC(=O)Nc1ccc(NC(=O)/C(C#N)=C\Nc2cc(C)ccn2)cc1. The van der Waals surface area contributed by atoms with E-state index >= 15 is 0 Å². The summed E-state index contributed by atoms with van der Waals surface area (Å²) in [5, 5.41) is 17.2. The van der Waals surface area contributed by atoms with Gasteiger partial charge >= 0.3 is 0 Å². The van der Waals surface area contributed by atoms with E-state index in [1.54, 1.807) is 36.5 Å². The fourth-order valence-corrected chi connectivity index (χ4v) is 1.95. The van der Waals surface area contributed by atoms with E-state index in [0.717, 1.165) is 5.56 Å². The van der Waals surface area contributed by atoms with Gasteiger partial charge < -0.3 is 16.0 Å². The number of carbonyl (C=O) groups excluding carboxylic acids is 2. The van der Waals surface area contributed by atoms with Gasteiger partial charge in [0.1, 0.15) is 17.5 Å². The van der Waals surface area contributed by atoms with E-state index in [4.69, 9.17) is 5.26 Å². The molecule has 0 atom stereocenters. The van der Waals surface area contributed by atoms with Gasteiger partial charge in [0.2, 0.25) is 5.91 Å². The first-order valence-corrected chi connectivity index (χ1v) is 7.46. The number of carbonyl (C=O) groups is 2. The molecule has 0 unspecified atom stereocenters. The summed E-state index contributed by atoms with van der Waals surface area (Å²) in [6, 6.07) is 12.1. The lowest BCUT2D eigenvalue weighted by atomic mass is 10.2. The van der Waals surface area contributed by atoms with Gasteiger partial charge in [0.05, 0.1) is 0 Å². The lowest BCUT2D eigenvalue weighted by Crippen LogP contribution is -2.14. The standard InChI is InChI=1S/C18H17N5O2/c1-12-7-8-20-17(9-12)21-11-14(10-19)18(25)23-16-5-3-15(4-6-16)22-13(2)24/h3-9,11H,1-2H3,(H,20,21)(H,22,24)(H,23,25)/b14-11-. The predicted octanol–water partition coefficient (Wildman–Crippen LogP) is 2.81. The number of aromatic nitrogens is 1. The number of pyridine rings is 1. The van der Waals surface area contributed by atoms with Gasteiger partial charge in [-0.05, 0) is 48.9 Å². The molecule has 0 saturated carbocycles. The van der Waals surface area contributed by atoms with Crippen LogP contribution in [-0.4, -0.2) is 16.8 Å². The Morgan fingerprint density at radius 3 is 2.32 bits per heavy atom. The van der Waals surface area contributed by atoms with E-state index in [1.165, 1.54) is 13.1 Å². The van der Waals surface area contributed by atoms with Crippen LogP contribution in [0, 0.1) is 18.3 Å². The summed E-state index contributed by atoms with van der Waals surface area (Å²) >= 11 is 0. The molecule has 0 saturated heterocycles. The highest BCUT2D eigenvalue weighted by molar-refractivity contribution is 6.06. The van der Waals surface area contributed by atoms with Crippen LogP contribution in [0.15, 0.2) is 54.4 Å². The van der Waals surface area contributed by atoms with E-state index in [1.807, 2.05) is 19.1 Å². The van der Waals surface area contributed by atoms with Crippen molar-refractivity contribution >= 4 is 29.0 Å². The highest BCUT2D eigenvalue weighted by Gasteiger charge is 2.09. The lowest BCUT2D eigenvalue weighted by Gasteiger charge is -2.07. The maximum Gasteiger partial charge on any atom is 0.267 e. The van der Waals surface area contributed by atoms with E-state index in [2.05, 4.69) is 20.9 Å². The molecule has 1 aromatic heterocycles. The molecule has 1 heterocycles. The first kappa shape index (κ1) is 17.7. The van der Waals surface area contributed by atoms with Crippen LogP contribution in [0.25, 0.3) is 0 Å². The topological polar surface area (TPSA) is 107 Å². The van der Waals surface area contributed by atoms with Crippen molar-refractivity contribution in [1.82, 2.24) is 4.98 Å². The van der Waals surface area contributed by atoms with Crippen molar-refractivity contribution in [3.05, 3.63) is 59.9 Å². The highest BCUT2D eigenvalue weighted by atomic mass is 16.2. The Morgan fingerprint density at radius 2 is 1.76 bits per heavy atom. The van der Waals surface area contributed by atoms with Gasteiger partial charge in [0, 0.05) is 30.7 Å². The molecule has 0 fully saturated rings. The Hall–Kier alpha value is -3.66. The van der Waals surface area contributed by atoms with Crippen LogP contribution in [0.3, 0.4) is 0 Å². The van der Waals surface area contributed by atoms with Crippen molar-refractivity contribution < 1.29 is 9.59 Å². The number of aryl methyl sites for hydroxylation is 1. The summed E-state index contributed by atoms with van der Waals surface area (Å²) in [4.78, 5) is 27.2. The molecule has 0 aliphatic rings. The average molecular weight is 335 g/mol. The van der Waals surface area contributed by atoms with Crippen LogP contribution in [-0.2, 0) is 9.59 Å². The van der Waals surface area contributed by atoms with Crippen LogP contribution >= 0.6 is 0 Å². The minimum atomic E-state index is -0.546. The predicted molar refractivity (Wildman–Crippen MR) is 95.7 cm³/mol. The maximum atomic E-state index is 12.2. The monoisotopic (exact) mass is 335 g/mol. The van der Waals surface area contributed by atoms with Gasteiger partial charge in [-0.15, -0.1) is 0 Å². The smallest absolute Gasteiger partial charge is 0.267 e. The first-order valence-electron chi connectivity index (χ1n) is 7.46. The summed E-state index contributed by atoms with van der Waals surface area (Å²) in [7, 11) is 0. The second kappa shape index (κ2) is 8.26. The molecule has 0 spiro atoms. The van der Waals surface area contributed by atoms with Gasteiger partial charge in [-0.3, -0.25) is 9.59 Å². The van der Waals surface area contributed by atoms with Gasteiger partial charge in [-0.1, -0.05) is 0 Å². The van der Waals surface area contributed by atoms with Crippen LogP contribution in [0.4, 0.5) is 17.2 Å². The molecule has 7 nitrogen and oxygen atoms in total. The number of rotatable bonds is 5. The van der Waals surface area contributed by atoms with Crippen LogP contribution in [0.5, 0.6) is 0 Å². The quantitative estimate of drug-likeness (QED) is 0.575. The number of benzene rings is 1. The third kappa shape index (κ3) is 5.48. The number of hydrogen-bond donors (Lipinski definition) is 3. The fraction of sp³-hybridized carbons (Fsp3) is 0.111. The summed E-state index contributed by atoms with van der Waals surface area (Å²) in [6.07, 6.45) is 2.94. The third-order valence-corrected chi connectivity index (χ3v) is 3.11. The van der Waals surface area contributed by atoms with Gasteiger partial charge in [-0.2, -0.15) is 5.26 Å². The van der Waals surface area contributed by atoms with Gasteiger partial charge in [0.25, 0.3) is 5.91 Å². The number of nitriles is 1. The van der Waals surface area contributed by atoms with E-state index < -0.39 is 5.91 Å². The van der Waals surface area contributed by atoms with Crippen molar-refractivity contribution in [1.29, 1.82) is 5.26 Å². The highest BCUT2D eigenvalue weighted by Crippen LogP contribution is 2.14. The second-order valence-electron chi connectivity index (χ2n) is 5.25. The Labute approximate surface area is 145 Å². The normalized spacial score (nSPS) is 10.5. The molecule has 0 aliphatic heterocycles. The third-order valence-electron chi connectivity index (χ3n) is 3.11. The molecule has 126 valence electrons. The van der Waals surface area contributed by atoms with E-state index in [0.29, 0.717) is 17.2 Å². The minimum Gasteiger partial charge on any atom is -0.345 e. The first-order chi connectivity index (χ1) is 12.0. The number of nitrogens with zero attached hydrogens (tertiary/aromatic N) is 2. The average Bonchev–Trinajstić information content (AvgIpc) is 2.57. The zero-order valence-electron chi connectivity index (χ0n) is 13.8. The molecule has 7 heteroatoms. The largest absolute Gasteiger partial charge is 0.345 e. The number of nitrogens with one attached hydrogen (secondary N) is 3. The molecule has 3 N–H and O–H groups in total. The zero-order chi connectivity index (χ0) is 18.2. The molecule has 2 aromatic rings. The molecular weight excluding hydrogens is 318 g/mol. The van der Waals surface area contributed by atoms with Crippen LogP contribution < -0.4 is 16.0 Å². The molecular formula is C18H17N5O2. The van der Waals surface area contributed by atoms with Crippen molar-refractivity contribution in [2.75, 3.05) is 16.0 Å². The Kier molecular flexibility index (Phi) is 5.85. The van der Waals surface area contributed by atoms with Crippen molar-refractivity contribution in [3.63, 3.8) is 0 Å². The van der Waals surface area contributed by atoms with E-state index in [-0.39, 0.29) is 11.5 Å². The summed E-state index contributed by atoms with van der Waals surface area (Å²) in [5.41, 5.74) is 2.05. The maximum absolute atomic E-state index is 12.2. The molecule has 2 amide bonds. The Bertz CT molecular complexity index is 851. The van der Waals surface area contributed by atoms with E-state index in [9.17, 15) is 9.59 Å². The van der Waals surface area contributed by atoms with Crippen LogP contribution in [0.2, 0.25) is 0 Å². The molecule has 0 bridgehead atoms. The Morgan fingerprint density at radius 1 is 1.12 bits per heavy atom. The zero-order valence-corrected chi connectivity index (χ0v) is 13.8. The Balaban J connectivity index is 2.03. The summed E-state index contributed by atoms with van der Waals surface area (Å²) in [5.74, 6) is -0.183. The molecule has 0 radical (unpaired) electrons. The molecule has 25 heavy (non-hydrogen) atoms. The fourth-order valence-electron chi connectivity index (χ4n) is 1.95. The van der Waals surface area contributed by atoms with Crippen LogP contribution in [0.1, 0.15) is 12.5 Å². The number of anilines is 3. The lowest BCUT2D eigenvalue weighted by molar-refractivity contribution is -0.114. The van der Waals surface area contributed by atoms with Crippen molar-refractivity contribution in [2.45, 2.75) is 13.8 Å². The molecule has 1 aromatic carbocycles. The second-order valence-corrected chi connectivity index (χ2v) is 5.25. The minimum absolute atomic E-state index is 0.0887. The number of amides is 2. The molecule has 2 rings (SSSR count). The summed E-state index contributed by atoms with van der Waals surface area (Å²) in [6.45, 7) is 3.33. The van der Waals surface area contributed by atoms with Gasteiger partial charge in [-0.25, -0.2) is 4.98 Å². The summed E-state index contributed by atoms with van der Waals surface area (Å²) < 4.78 is 0. The van der Waals surface area contributed by atoms with Gasteiger partial charge in [0.15, 0.2) is 0 Å². The van der Waals surface area contributed by atoms with Crippen molar-refractivity contribution in [3.8, 4) is 6.07 Å². The molecule has 0 aliphatic carbocycles. The number of hydrogen-bond acceptors (Lipinski definition) is 5. The van der Waals surface area contributed by atoms with Crippen molar-refractivity contribution in [2.24, 2.45) is 0 Å².